The number of carbonyl (C=O) groups is 1. The highest BCUT2D eigenvalue weighted by Gasteiger charge is 2.42. The third kappa shape index (κ3) is 3.91. The number of ether oxygens (including phenoxy) is 1. The number of aryl methyl sites for hydroxylation is 2. The molecule has 0 saturated carbocycles. The molecule has 0 bridgehead atoms. The van der Waals surface area contributed by atoms with Gasteiger partial charge in [-0.3, -0.25) is 9.89 Å². The molecule has 1 N–H and O–H groups in total. The van der Waals surface area contributed by atoms with Gasteiger partial charge in [0.15, 0.2) is 0 Å². The minimum Gasteiger partial charge on any atom is -0.494 e. The van der Waals surface area contributed by atoms with Crippen LogP contribution in [0.15, 0.2) is 72.8 Å². The molecule has 0 spiro atoms. The molecule has 1 unspecified atom stereocenters. The molecule has 1 atom stereocenters. The minimum atomic E-state index is -0.260. The van der Waals surface area contributed by atoms with Crippen molar-refractivity contribution in [3.05, 3.63) is 106 Å². The predicted molar refractivity (Wildman–Crippen MR) is 129 cm³/mol. The molecule has 33 heavy (non-hydrogen) atoms. The fourth-order valence-electron chi connectivity index (χ4n) is 4.47. The molecule has 4 aromatic rings. The van der Waals surface area contributed by atoms with E-state index in [1.807, 2.05) is 30.0 Å². The van der Waals surface area contributed by atoms with E-state index in [4.69, 9.17) is 4.74 Å². The molecule has 1 aliphatic heterocycles. The number of H-pyrrole nitrogens is 1. The second-order valence-corrected chi connectivity index (χ2v) is 8.55. The first kappa shape index (κ1) is 21.0. The number of benzene rings is 3. The van der Waals surface area contributed by atoms with Crippen LogP contribution in [0.4, 0.5) is 0 Å². The maximum absolute atomic E-state index is 13.6. The molecular formula is C28H27N3O2. The summed E-state index contributed by atoms with van der Waals surface area (Å²) < 4.78 is 5.77. The number of rotatable bonds is 6. The zero-order valence-corrected chi connectivity index (χ0v) is 19.1. The summed E-state index contributed by atoms with van der Waals surface area (Å²) in [5.74, 6) is 0.759. The van der Waals surface area contributed by atoms with Crippen LogP contribution < -0.4 is 4.74 Å². The van der Waals surface area contributed by atoms with Crippen LogP contribution in [-0.2, 0) is 6.54 Å². The van der Waals surface area contributed by atoms with E-state index in [1.165, 1.54) is 11.1 Å². The quantitative estimate of drug-likeness (QED) is 0.412. The van der Waals surface area contributed by atoms with Crippen molar-refractivity contribution in [1.82, 2.24) is 15.1 Å². The second kappa shape index (κ2) is 8.58. The van der Waals surface area contributed by atoms with Gasteiger partial charge in [-0.1, -0.05) is 71.8 Å². The zero-order chi connectivity index (χ0) is 22.9. The molecule has 2 heterocycles. The highest BCUT2D eigenvalue weighted by Crippen LogP contribution is 2.44. The van der Waals surface area contributed by atoms with E-state index in [-0.39, 0.29) is 11.9 Å². The molecule has 5 heteroatoms. The van der Waals surface area contributed by atoms with Crippen molar-refractivity contribution in [2.45, 2.75) is 33.4 Å². The lowest BCUT2D eigenvalue weighted by Gasteiger charge is -2.27. The Labute approximate surface area is 194 Å². The lowest BCUT2D eigenvalue weighted by molar-refractivity contribution is 0.0730. The first-order valence-corrected chi connectivity index (χ1v) is 11.3. The Bertz CT molecular complexity index is 1290. The fourth-order valence-corrected chi connectivity index (χ4v) is 4.47. The molecule has 1 amide bonds. The van der Waals surface area contributed by atoms with Crippen molar-refractivity contribution in [2.24, 2.45) is 0 Å². The molecule has 3 aromatic carbocycles. The van der Waals surface area contributed by atoms with Crippen LogP contribution in [0.1, 0.15) is 51.3 Å². The largest absolute Gasteiger partial charge is 0.494 e. The van der Waals surface area contributed by atoms with Crippen LogP contribution >= 0.6 is 0 Å². The zero-order valence-electron chi connectivity index (χ0n) is 19.1. The van der Waals surface area contributed by atoms with Gasteiger partial charge in [-0.05, 0) is 44.0 Å². The van der Waals surface area contributed by atoms with Crippen molar-refractivity contribution < 1.29 is 9.53 Å². The lowest BCUT2D eigenvalue weighted by atomic mass is 9.95. The van der Waals surface area contributed by atoms with Gasteiger partial charge in [-0.15, -0.1) is 0 Å². The molecular weight excluding hydrogens is 410 g/mol. The van der Waals surface area contributed by atoms with E-state index < -0.39 is 0 Å². The number of hydrogen-bond donors (Lipinski definition) is 1. The van der Waals surface area contributed by atoms with Gasteiger partial charge in [0.25, 0.3) is 5.91 Å². The Balaban J connectivity index is 1.63. The normalized spacial score (nSPS) is 15.1. The third-order valence-electron chi connectivity index (χ3n) is 6.15. The molecule has 166 valence electrons. The third-order valence-corrected chi connectivity index (χ3v) is 6.15. The summed E-state index contributed by atoms with van der Waals surface area (Å²) in [7, 11) is 0. The van der Waals surface area contributed by atoms with E-state index in [2.05, 4.69) is 78.6 Å². The van der Waals surface area contributed by atoms with E-state index in [9.17, 15) is 4.79 Å². The number of carbonyl (C=O) groups excluding carboxylic acids is 1. The van der Waals surface area contributed by atoms with E-state index in [1.54, 1.807) is 0 Å². The van der Waals surface area contributed by atoms with Gasteiger partial charge in [0.1, 0.15) is 11.4 Å². The first-order chi connectivity index (χ1) is 16.0. The van der Waals surface area contributed by atoms with Crippen molar-refractivity contribution in [3.8, 4) is 17.0 Å². The summed E-state index contributed by atoms with van der Waals surface area (Å²) >= 11 is 0. The molecule has 0 saturated heterocycles. The fraction of sp³-hybridized carbons (Fsp3) is 0.214. The van der Waals surface area contributed by atoms with Gasteiger partial charge in [0.05, 0.1) is 18.3 Å². The first-order valence-electron chi connectivity index (χ1n) is 11.3. The van der Waals surface area contributed by atoms with Gasteiger partial charge in [-0.25, -0.2) is 0 Å². The Kier molecular flexibility index (Phi) is 5.47. The van der Waals surface area contributed by atoms with Gasteiger partial charge < -0.3 is 9.64 Å². The maximum atomic E-state index is 13.6. The van der Waals surface area contributed by atoms with Crippen LogP contribution in [0.2, 0.25) is 0 Å². The van der Waals surface area contributed by atoms with Crippen molar-refractivity contribution >= 4 is 5.91 Å². The van der Waals surface area contributed by atoms with Crippen LogP contribution in [0.5, 0.6) is 5.75 Å². The summed E-state index contributed by atoms with van der Waals surface area (Å²) in [6, 6.07) is 24.4. The monoisotopic (exact) mass is 437 g/mol. The Hall–Kier alpha value is -3.86. The Morgan fingerprint density at radius 3 is 2.36 bits per heavy atom. The van der Waals surface area contributed by atoms with Gasteiger partial charge in [0.2, 0.25) is 0 Å². The molecule has 1 aliphatic rings. The van der Waals surface area contributed by atoms with Gasteiger partial charge >= 0.3 is 0 Å². The molecule has 5 nitrogen and oxygen atoms in total. The summed E-state index contributed by atoms with van der Waals surface area (Å²) in [6.07, 6.45) is 0. The molecule has 0 fully saturated rings. The van der Waals surface area contributed by atoms with Gasteiger partial charge in [-0.2, -0.15) is 5.10 Å². The summed E-state index contributed by atoms with van der Waals surface area (Å²) in [5.41, 5.74) is 7.78. The van der Waals surface area contributed by atoms with Crippen LogP contribution in [-0.4, -0.2) is 27.6 Å². The van der Waals surface area contributed by atoms with Crippen LogP contribution in [0.25, 0.3) is 11.3 Å². The summed E-state index contributed by atoms with van der Waals surface area (Å²) in [6.45, 7) is 7.20. The highest BCUT2D eigenvalue weighted by atomic mass is 16.5. The maximum Gasteiger partial charge on any atom is 0.273 e. The van der Waals surface area contributed by atoms with E-state index >= 15 is 0 Å². The molecule has 5 rings (SSSR count). The van der Waals surface area contributed by atoms with Crippen LogP contribution in [0.3, 0.4) is 0 Å². The van der Waals surface area contributed by atoms with Crippen LogP contribution in [0, 0.1) is 13.8 Å². The lowest BCUT2D eigenvalue weighted by Crippen LogP contribution is -2.29. The highest BCUT2D eigenvalue weighted by molar-refractivity contribution is 6.00. The Morgan fingerprint density at radius 2 is 1.67 bits per heavy atom. The smallest absolute Gasteiger partial charge is 0.273 e. The number of hydrogen-bond acceptors (Lipinski definition) is 3. The average molecular weight is 438 g/mol. The topological polar surface area (TPSA) is 58.2 Å². The number of amides is 1. The van der Waals surface area contributed by atoms with Crippen molar-refractivity contribution in [1.29, 1.82) is 0 Å². The number of aromatic nitrogens is 2. The average Bonchev–Trinajstić information content (AvgIpc) is 3.36. The second-order valence-electron chi connectivity index (χ2n) is 8.55. The molecule has 1 aromatic heterocycles. The number of nitrogens with one attached hydrogen (secondary N) is 1. The Morgan fingerprint density at radius 1 is 0.970 bits per heavy atom. The standard InChI is InChI=1S/C28H27N3O2/c1-4-33-23-7-5-6-22(16-23)27-24-25(21-14-10-19(3)11-15-21)29-30-26(24)28(32)31(27)17-20-12-8-18(2)9-13-20/h5-16,27H,4,17H2,1-3H3,(H,29,30). The molecule has 0 aliphatic carbocycles. The van der Waals surface area contributed by atoms with Crippen molar-refractivity contribution in [3.63, 3.8) is 0 Å². The predicted octanol–water partition coefficient (Wildman–Crippen LogP) is 5.84. The van der Waals surface area contributed by atoms with E-state index in [0.29, 0.717) is 18.8 Å². The SMILES string of the molecule is CCOc1cccc(C2c3c(-c4ccc(C)cc4)n[nH]c3C(=O)N2Cc2ccc(C)cc2)c1. The summed E-state index contributed by atoms with van der Waals surface area (Å²) in [5, 5.41) is 7.61. The van der Waals surface area contributed by atoms with Crippen molar-refractivity contribution in [2.75, 3.05) is 6.61 Å². The molecule has 0 radical (unpaired) electrons. The van der Waals surface area contributed by atoms with Gasteiger partial charge in [0, 0.05) is 17.7 Å². The minimum absolute atomic E-state index is 0.0387. The number of fused-ring (bicyclic) bond motifs is 1. The number of aromatic amines is 1. The number of nitrogens with zero attached hydrogens (tertiary/aromatic N) is 2. The van der Waals surface area contributed by atoms with E-state index in [0.717, 1.165) is 33.7 Å². The summed E-state index contributed by atoms with van der Waals surface area (Å²) in [4.78, 5) is 15.5.